The van der Waals surface area contributed by atoms with E-state index in [-0.39, 0.29) is 13.2 Å². The average molecular weight is 394 g/mol. The van der Waals surface area contributed by atoms with Crippen LogP contribution in [0.2, 0.25) is 0 Å². The zero-order valence-electron chi connectivity index (χ0n) is 15.7. The minimum Gasteiger partial charge on any atom is -0.486 e. The molecule has 0 unspecified atom stereocenters. The first kappa shape index (κ1) is 21.5. The third kappa shape index (κ3) is 5.16. The lowest BCUT2D eigenvalue weighted by atomic mass is 10.2. The van der Waals surface area contributed by atoms with E-state index in [1.165, 1.54) is 0 Å². The fourth-order valence-electron chi connectivity index (χ4n) is 2.83. The molecule has 2 rings (SSSR count). The third-order valence-electron chi connectivity index (χ3n) is 4.35. The van der Waals surface area contributed by atoms with E-state index in [1.807, 2.05) is 35.2 Å². The van der Waals surface area contributed by atoms with Crippen LogP contribution < -0.4 is 9.64 Å². The fourth-order valence-corrected chi connectivity index (χ4v) is 2.83. The first-order valence-corrected chi connectivity index (χ1v) is 9.20. The molecule has 2 aromatic rings. The minimum atomic E-state index is -1.75. The molecule has 0 saturated carbocycles. The van der Waals surface area contributed by atoms with Crippen LogP contribution >= 0.6 is 0 Å². The van der Waals surface area contributed by atoms with E-state index in [9.17, 15) is 17.6 Å². The molecule has 0 amide bonds. The van der Waals surface area contributed by atoms with Crippen molar-refractivity contribution in [1.29, 1.82) is 5.26 Å². The molecule has 0 heterocycles. The monoisotopic (exact) mass is 394 g/mol. The summed E-state index contributed by atoms with van der Waals surface area (Å²) in [6.45, 7) is 2.93. The summed E-state index contributed by atoms with van der Waals surface area (Å²) in [4.78, 5) is 1.99. The Morgan fingerprint density at radius 3 is 2.11 bits per heavy atom. The third-order valence-corrected chi connectivity index (χ3v) is 4.35. The van der Waals surface area contributed by atoms with Crippen molar-refractivity contribution >= 4 is 5.69 Å². The first-order valence-electron chi connectivity index (χ1n) is 9.20. The van der Waals surface area contributed by atoms with E-state index in [0.29, 0.717) is 6.54 Å². The van der Waals surface area contributed by atoms with Gasteiger partial charge in [0.1, 0.15) is 18.2 Å². The van der Waals surface area contributed by atoms with Crippen LogP contribution in [-0.2, 0) is 0 Å². The van der Waals surface area contributed by atoms with Crippen LogP contribution in [0.15, 0.2) is 30.3 Å². The standard InChI is InChI=1S/C21H22F4N2O/c1-2-3-4-8-11-27(15-9-6-5-7-10-15)12-13-28-21-19(24)17(22)16(14-26)18(23)20(21)25/h5-7,9-10H,2-4,8,11-13H2,1H3. The van der Waals surface area contributed by atoms with Crippen LogP contribution in [0.25, 0.3) is 0 Å². The summed E-state index contributed by atoms with van der Waals surface area (Å²) in [5, 5.41) is 8.62. The van der Waals surface area contributed by atoms with Gasteiger partial charge < -0.3 is 9.64 Å². The van der Waals surface area contributed by atoms with Gasteiger partial charge in [-0.15, -0.1) is 0 Å². The maximum absolute atomic E-state index is 14.0. The van der Waals surface area contributed by atoms with E-state index in [0.717, 1.165) is 37.4 Å². The number of anilines is 1. The summed E-state index contributed by atoms with van der Waals surface area (Å²) in [7, 11) is 0. The number of halogens is 4. The molecule has 3 nitrogen and oxygen atoms in total. The van der Waals surface area contributed by atoms with Crippen LogP contribution in [0.1, 0.15) is 38.2 Å². The number of rotatable bonds is 10. The van der Waals surface area contributed by atoms with Gasteiger partial charge in [-0.3, -0.25) is 0 Å². The summed E-state index contributed by atoms with van der Waals surface area (Å²) >= 11 is 0. The van der Waals surface area contributed by atoms with Gasteiger partial charge in [0.15, 0.2) is 17.4 Å². The lowest BCUT2D eigenvalue weighted by molar-refractivity contribution is 0.276. The highest BCUT2D eigenvalue weighted by molar-refractivity contribution is 5.46. The number of unbranched alkanes of at least 4 members (excludes halogenated alkanes) is 3. The topological polar surface area (TPSA) is 36.3 Å². The van der Waals surface area contributed by atoms with Gasteiger partial charge in [0, 0.05) is 12.2 Å². The van der Waals surface area contributed by atoms with Gasteiger partial charge in [0.2, 0.25) is 11.6 Å². The van der Waals surface area contributed by atoms with Crippen LogP contribution in [0.5, 0.6) is 5.75 Å². The van der Waals surface area contributed by atoms with Crippen LogP contribution in [0, 0.1) is 34.6 Å². The molecule has 2 aromatic carbocycles. The Balaban J connectivity index is 2.09. The van der Waals surface area contributed by atoms with Gasteiger partial charge in [-0.25, -0.2) is 8.78 Å². The average Bonchev–Trinajstić information content (AvgIpc) is 2.71. The zero-order chi connectivity index (χ0) is 20.5. The van der Waals surface area contributed by atoms with Crippen LogP contribution in [0.4, 0.5) is 23.2 Å². The largest absolute Gasteiger partial charge is 0.486 e. The summed E-state index contributed by atoms with van der Waals surface area (Å²) in [5.41, 5.74) is -0.384. The molecule has 0 radical (unpaired) electrons. The maximum Gasteiger partial charge on any atom is 0.205 e. The number of benzene rings is 2. The number of hydrogen-bond acceptors (Lipinski definition) is 3. The number of hydrogen-bond donors (Lipinski definition) is 0. The highest BCUT2D eigenvalue weighted by atomic mass is 19.2. The van der Waals surface area contributed by atoms with Gasteiger partial charge in [-0.1, -0.05) is 44.4 Å². The van der Waals surface area contributed by atoms with Gasteiger partial charge in [0.05, 0.1) is 6.54 Å². The Bertz CT molecular complexity index is 792. The summed E-state index contributed by atoms with van der Waals surface area (Å²) < 4.78 is 60.3. The molecule has 0 atom stereocenters. The molecule has 0 spiro atoms. The second-order valence-electron chi connectivity index (χ2n) is 6.30. The number of para-hydroxylation sites is 1. The number of ether oxygens (including phenoxy) is 1. The smallest absolute Gasteiger partial charge is 0.205 e. The molecule has 0 saturated heterocycles. The van der Waals surface area contributed by atoms with Gasteiger partial charge >= 0.3 is 0 Å². The lowest BCUT2D eigenvalue weighted by Gasteiger charge is -2.25. The highest BCUT2D eigenvalue weighted by Crippen LogP contribution is 2.29. The Labute approximate surface area is 162 Å². The minimum absolute atomic E-state index is 0.179. The van der Waals surface area contributed by atoms with Gasteiger partial charge in [-0.2, -0.15) is 14.0 Å². The van der Waals surface area contributed by atoms with Crippen LogP contribution in [0.3, 0.4) is 0 Å². The molecule has 7 heteroatoms. The van der Waals surface area contributed by atoms with Crippen molar-refractivity contribution in [2.75, 3.05) is 24.6 Å². The Kier molecular flexibility index (Phi) is 8.12. The van der Waals surface area contributed by atoms with E-state index < -0.39 is 34.6 Å². The van der Waals surface area contributed by atoms with Crippen molar-refractivity contribution in [3.63, 3.8) is 0 Å². The Morgan fingerprint density at radius 1 is 0.893 bits per heavy atom. The quantitative estimate of drug-likeness (QED) is 0.300. The van der Waals surface area contributed by atoms with Crippen molar-refractivity contribution in [3.8, 4) is 11.8 Å². The first-order chi connectivity index (χ1) is 13.5. The van der Waals surface area contributed by atoms with E-state index in [4.69, 9.17) is 10.00 Å². The van der Waals surface area contributed by atoms with Gasteiger partial charge in [-0.05, 0) is 18.6 Å². The summed E-state index contributed by atoms with van der Waals surface area (Å²) in [6.07, 6.45) is 4.20. The molecule has 28 heavy (non-hydrogen) atoms. The molecule has 0 bridgehead atoms. The predicted molar refractivity (Wildman–Crippen MR) is 99.3 cm³/mol. The molecule has 0 aliphatic heterocycles. The molecule has 0 N–H and O–H groups in total. The van der Waals surface area contributed by atoms with Crippen molar-refractivity contribution < 1.29 is 22.3 Å². The maximum atomic E-state index is 14.0. The Hall–Kier alpha value is -2.75. The second kappa shape index (κ2) is 10.5. The van der Waals surface area contributed by atoms with Gasteiger partial charge in [0.25, 0.3) is 0 Å². The molecular formula is C21H22F4N2O. The van der Waals surface area contributed by atoms with Crippen molar-refractivity contribution in [3.05, 3.63) is 59.2 Å². The molecule has 0 fully saturated rings. The zero-order valence-corrected chi connectivity index (χ0v) is 15.7. The summed E-state index contributed by atoms with van der Waals surface area (Å²) in [5.74, 6) is -8.06. The van der Waals surface area contributed by atoms with Crippen molar-refractivity contribution in [2.45, 2.75) is 32.6 Å². The molecular weight excluding hydrogens is 372 g/mol. The lowest BCUT2D eigenvalue weighted by Crippen LogP contribution is -2.29. The second-order valence-corrected chi connectivity index (χ2v) is 6.30. The highest BCUT2D eigenvalue weighted by Gasteiger charge is 2.26. The van der Waals surface area contributed by atoms with E-state index in [2.05, 4.69) is 6.92 Å². The number of nitriles is 1. The van der Waals surface area contributed by atoms with Crippen molar-refractivity contribution in [2.24, 2.45) is 0 Å². The van der Waals surface area contributed by atoms with Crippen molar-refractivity contribution in [1.82, 2.24) is 0 Å². The van der Waals surface area contributed by atoms with E-state index in [1.54, 1.807) is 0 Å². The number of nitrogens with zero attached hydrogens (tertiary/aromatic N) is 2. The predicted octanol–water partition coefficient (Wildman–Crippen LogP) is 5.58. The molecule has 0 aromatic heterocycles. The molecule has 150 valence electrons. The SMILES string of the molecule is CCCCCCN(CCOc1c(F)c(F)c(C#N)c(F)c1F)c1ccccc1. The molecule has 0 aliphatic rings. The van der Waals surface area contributed by atoms with E-state index >= 15 is 0 Å². The fraction of sp³-hybridized carbons (Fsp3) is 0.381. The summed E-state index contributed by atoms with van der Waals surface area (Å²) in [6, 6.07) is 10.5. The Morgan fingerprint density at radius 2 is 1.54 bits per heavy atom. The normalized spacial score (nSPS) is 10.6. The molecule has 0 aliphatic carbocycles. The van der Waals surface area contributed by atoms with Crippen LogP contribution in [-0.4, -0.2) is 19.7 Å².